The highest BCUT2D eigenvalue weighted by atomic mass is 79.9. The van der Waals surface area contributed by atoms with E-state index in [0.29, 0.717) is 19.7 Å². The fourth-order valence-corrected chi connectivity index (χ4v) is 2.94. The molecule has 22 heavy (non-hydrogen) atoms. The topological polar surface area (TPSA) is 29.5 Å². The zero-order valence-electron chi connectivity index (χ0n) is 12.2. The van der Waals surface area contributed by atoms with Crippen LogP contribution in [0.3, 0.4) is 0 Å². The summed E-state index contributed by atoms with van der Waals surface area (Å²) in [5.74, 6) is 0.0776. The summed E-state index contributed by atoms with van der Waals surface area (Å²) in [5.41, 5.74) is 1.97. The lowest BCUT2D eigenvalue weighted by molar-refractivity contribution is -0.0208. The van der Waals surface area contributed by atoms with Crippen molar-refractivity contribution in [2.45, 2.75) is 12.5 Å². The van der Waals surface area contributed by atoms with E-state index >= 15 is 0 Å². The first-order chi connectivity index (χ1) is 10.7. The molecule has 3 nitrogen and oxygen atoms in total. The van der Waals surface area contributed by atoms with Gasteiger partial charge in [0.05, 0.1) is 12.7 Å². The maximum Gasteiger partial charge on any atom is 0.254 e. The monoisotopic (exact) mass is 359 g/mol. The van der Waals surface area contributed by atoms with Gasteiger partial charge in [0.25, 0.3) is 5.91 Å². The SMILES string of the molecule is O=C(c1ccc(Br)cc1)N1CCOC(Cc2ccccc2)C1. The van der Waals surface area contributed by atoms with Crippen molar-refractivity contribution in [3.63, 3.8) is 0 Å². The molecule has 1 aliphatic heterocycles. The van der Waals surface area contributed by atoms with Crippen LogP contribution in [0, 0.1) is 0 Å². The van der Waals surface area contributed by atoms with Crippen LogP contribution in [0.5, 0.6) is 0 Å². The number of benzene rings is 2. The summed E-state index contributed by atoms with van der Waals surface area (Å²) in [6.45, 7) is 1.89. The predicted octanol–water partition coefficient (Wildman–Crippen LogP) is 3.53. The molecular weight excluding hydrogens is 342 g/mol. The van der Waals surface area contributed by atoms with Gasteiger partial charge in [0.1, 0.15) is 0 Å². The fourth-order valence-electron chi connectivity index (χ4n) is 2.68. The van der Waals surface area contributed by atoms with Gasteiger partial charge in [0.2, 0.25) is 0 Å². The highest BCUT2D eigenvalue weighted by Crippen LogP contribution is 2.16. The van der Waals surface area contributed by atoms with Crippen molar-refractivity contribution in [1.29, 1.82) is 0 Å². The predicted molar refractivity (Wildman–Crippen MR) is 89.9 cm³/mol. The van der Waals surface area contributed by atoms with E-state index in [4.69, 9.17) is 4.74 Å². The van der Waals surface area contributed by atoms with Crippen LogP contribution in [-0.2, 0) is 11.2 Å². The number of rotatable bonds is 3. The van der Waals surface area contributed by atoms with Gasteiger partial charge in [0, 0.05) is 29.5 Å². The molecule has 0 aromatic heterocycles. The minimum absolute atomic E-state index is 0.0653. The zero-order valence-corrected chi connectivity index (χ0v) is 13.8. The normalized spacial score (nSPS) is 18.2. The van der Waals surface area contributed by atoms with E-state index in [1.165, 1.54) is 5.56 Å². The smallest absolute Gasteiger partial charge is 0.254 e. The van der Waals surface area contributed by atoms with Gasteiger partial charge < -0.3 is 9.64 Å². The molecule has 0 bridgehead atoms. The molecule has 4 heteroatoms. The van der Waals surface area contributed by atoms with Crippen molar-refractivity contribution in [2.24, 2.45) is 0 Å². The summed E-state index contributed by atoms with van der Waals surface area (Å²) in [6.07, 6.45) is 0.904. The minimum atomic E-state index is 0.0653. The van der Waals surface area contributed by atoms with E-state index in [1.807, 2.05) is 47.4 Å². The Balaban J connectivity index is 1.65. The van der Waals surface area contributed by atoms with E-state index < -0.39 is 0 Å². The van der Waals surface area contributed by atoms with Crippen LogP contribution in [-0.4, -0.2) is 36.6 Å². The van der Waals surface area contributed by atoms with Crippen LogP contribution in [0.1, 0.15) is 15.9 Å². The molecule has 1 saturated heterocycles. The zero-order chi connectivity index (χ0) is 15.4. The lowest BCUT2D eigenvalue weighted by Gasteiger charge is -2.33. The van der Waals surface area contributed by atoms with Gasteiger partial charge in [-0.3, -0.25) is 4.79 Å². The highest BCUT2D eigenvalue weighted by Gasteiger charge is 2.25. The quantitative estimate of drug-likeness (QED) is 0.838. The third-order valence-electron chi connectivity index (χ3n) is 3.82. The standard InChI is InChI=1S/C18H18BrNO2/c19-16-8-6-15(7-9-16)18(21)20-10-11-22-17(13-20)12-14-4-2-1-3-5-14/h1-9,17H,10-13H2. The molecule has 1 amide bonds. The molecular formula is C18H18BrNO2. The average molecular weight is 360 g/mol. The maximum atomic E-state index is 12.6. The fraction of sp³-hybridized carbons (Fsp3) is 0.278. The van der Waals surface area contributed by atoms with Gasteiger partial charge >= 0.3 is 0 Å². The van der Waals surface area contributed by atoms with Gasteiger partial charge in [-0.25, -0.2) is 0 Å². The first kappa shape index (κ1) is 15.3. The molecule has 0 radical (unpaired) electrons. The number of morpholine rings is 1. The number of hydrogen-bond donors (Lipinski definition) is 0. The van der Waals surface area contributed by atoms with Crippen molar-refractivity contribution >= 4 is 21.8 Å². The number of carbonyl (C=O) groups excluding carboxylic acids is 1. The molecule has 1 aliphatic rings. The first-order valence-electron chi connectivity index (χ1n) is 7.43. The van der Waals surface area contributed by atoms with Gasteiger partial charge in [0.15, 0.2) is 0 Å². The Morgan fingerprint density at radius 2 is 1.86 bits per heavy atom. The molecule has 3 rings (SSSR count). The van der Waals surface area contributed by atoms with Crippen molar-refractivity contribution in [3.8, 4) is 0 Å². The Kier molecular flexibility index (Phi) is 4.90. The molecule has 1 fully saturated rings. The second kappa shape index (κ2) is 7.07. The number of amides is 1. The molecule has 2 aromatic rings. The molecule has 114 valence electrons. The van der Waals surface area contributed by atoms with Crippen molar-refractivity contribution in [3.05, 3.63) is 70.2 Å². The van der Waals surface area contributed by atoms with E-state index in [0.717, 1.165) is 16.5 Å². The summed E-state index contributed by atoms with van der Waals surface area (Å²) in [6, 6.07) is 17.8. The Labute approximate surface area is 139 Å². The summed E-state index contributed by atoms with van der Waals surface area (Å²) >= 11 is 3.39. The van der Waals surface area contributed by atoms with Crippen LogP contribution in [0.2, 0.25) is 0 Å². The van der Waals surface area contributed by atoms with Crippen LogP contribution in [0.4, 0.5) is 0 Å². The van der Waals surface area contributed by atoms with Crippen molar-refractivity contribution < 1.29 is 9.53 Å². The Bertz CT molecular complexity index is 627. The van der Waals surface area contributed by atoms with Crippen LogP contribution in [0.25, 0.3) is 0 Å². The second-order valence-electron chi connectivity index (χ2n) is 5.44. The molecule has 0 N–H and O–H groups in total. The molecule has 0 aliphatic carbocycles. The van der Waals surface area contributed by atoms with Gasteiger partial charge in [-0.1, -0.05) is 46.3 Å². The third kappa shape index (κ3) is 3.76. The largest absolute Gasteiger partial charge is 0.374 e. The van der Waals surface area contributed by atoms with Crippen molar-refractivity contribution in [1.82, 2.24) is 4.90 Å². The molecule has 1 heterocycles. The second-order valence-corrected chi connectivity index (χ2v) is 6.36. The molecule has 0 spiro atoms. The molecule has 1 unspecified atom stereocenters. The number of hydrogen-bond acceptors (Lipinski definition) is 2. The van der Waals surface area contributed by atoms with E-state index in [2.05, 4.69) is 28.1 Å². The Morgan fingerprint density at radius 1 is 1.14 bits per heavy atom. The highest BCUT2D eigenvalue weighted by molar-refractivity contribution is 9.10. The van der Waals surface area contributed by atoms with Gasteiger partial charge in [-0.05, 0) is 29.8 Å². The summed E-state index contributed by atoms with van der Waals surface area (Å²) in [5, 5.41) is 0. The molecule has 2 aromatic carbocycles. The Morgan fingerprint density at radius 3 is 2.59 bits per heavy atom. The van der Waals surface area contributed by atoms with Crippen molar-refractivity contribution in [2.75, 3.05) is 19.7 Å². The molecule has 0 saturated carbocycles. The van der Waals surface area contributed by atoms with E-state index in [-0.39, 0.29) is 12.0 Å². The minimum Gasteiger partial charge on any atom is -0.374 e. The van der Waals surface area contributed by atoms with Crippen LogP contribution >= 0.6 is 15.9 Å². The van der Waals surface area contributed by atoms with E-state index in [9.17, 15) is 4.79 Å². The van der Waals surface area contributed by atoms with Gasteiger partial charge in [-0.15, -0.1) is 0 Å². The van der Waals surface area contributed by atoms with Crippen LogP contribution < -0.4 is 0 Å². The summed E-state index contributed by atoms with van der Waals surface area (Å²) in [7, 11) is 0. The lowest BCUT2D eigenvalue weighted by Crippen LogP contribution is -2.46. The maximum absolute atomic E-state index is 12.6. The first-order valence-corrected chi connectivity index (χ1v) is 8.22. The average Bonchev–Trinajstić information content (AvgIpc) is 2.56. The summed E-state index contributed by atoms with van der Waals surface area (Å²) in [4.78, 5) is 14.5. The summed E-state index contributed by atoms with van der Waals surface area (Å²) < 4.78 is 6.80. The number of carbonyl (C=O) groups is 1. The number of ether oxygens (including phenoxy) is 1. The number of nitrogens with zero attached hydrogens (tertiary/aromatic N) is 1. The van der Waals surface area contributed by atoms with Crippen LogP contribution in [0.15, 0.2) is 59.1 Å². The van der Waals surface area contributed by atoms with Gasteiger partial charge in [-0.2, -0.15) is 0 Å². The lowest BCUT2D eigenvalue weighted by atomic mass is 10.1. The molecule has 1 atom stereocenters. The number of halogens is 1. The van der Waals surface area contributed by atoms with E-state index in [1.54, 1.807) is 0 Å². The Hall–Kier alpha value is -1.65. The third-order valence-corrected chi connectivity index (χ3v) is 4.35.